The molecule has 3 N–H and O–H groups in total. The maximum atomic E-state index is 5.49. The molecule has 13 heavy (non-hydrogen) atoms. The van der Waals surface area contributed by atoms with Gasteiger partial charge in [0.1, 0.15) is 0 Å². The molecule has 1 aliphatic rings. The van der Waals surface area contributed by atoms with E-state index in [4.69, 9.17) is 5.84 Å². The maximum absolute atomic E-state index is 5.49. The smallest absolute Gasteiger partial charge is 0.0210 e. The molecule has 1 fully saturated rings. The van der Waals surface area contributed by atoms with E-state index in [0.29, 0.717) is 6.04 Å². The van der Waals surface area contributed by atoms with Crippen molar-refractivity contribution >= 4 is 0 Å². The molecule has 1 atom stereocenters. The first-order chi connectivity index (χ1) is 6.36. The van der Waals surface area contributed by atoms with Crippen LogP contribution in [0.15, 0.2) is 0 Å². The molecule has 0 aromatic rings. The molecule has 0 bridgehead atoms. The maximum Gasteiger partial charge on any atom is 0.0210 e. The van der Waals surface area contributed by atoms with Crippen LogP contribution in [0.2, 0.25) is 0 Å². The SMILES string of the molecule is CCC(CC1CCCCCC1)NN. The molecular weight excluding hydrogens is 160 g/mol. The Balaban J connectivity index is 2.24. The Hall–Kier alpha value is -0.0800. The fourth-order valence-electron chi connectivity index (χ4n) is 2.35. The van der Waals surface area contributed by atoms with Crippen LogP contribution in [-0.2, 0) is 0 Å². The zero-order valence-corrected chi connectivity index (χ0v) is 8.89. The van der Waals surface area contributed by atoms with Crippen LogP contribution in [0.3, 0.4) is 0 Å². The minimum absolute atomic E-state index is 0.545. The van der Waals surface area contributed by atoms with Crippen molar-refractivity contribution in [3.05, 3.63) is 0 Å². The summed E-state index contributed by atoms with van der Waals surface area (Å²) in [5.74, 6) is 6.42. The molecule has 1 rings (SSSR count). The van der Waals surface area contributed by atoms with E-state index in [-0.39, 0.29) is 0 Å². The van der Waals surface area contributed by atoms with E-state index in [9.17, 15) is 0 Å². The molecule has 0 aromatic carbocycles. The number of rotatable bonds is 4. The van der Waals surface area contributed by atoms with E-state index in [0.717, 1.165) is 12.3 Å². The minimum Gasteiger partial charge on any atom is -0.271 e. The summed E-state index contributed by atoms with van der Waals surface area (Å²) in [4.78, 5) is 0. The molecule has 0 spiro atoms. The van der Waals surface area contributed by atoms with Crippen LogP contribution in [0.5, 0.6) is 0 Å². The summed E-state index contributed by atoms with van der Waals surface area (Å²) in [5, 5.41) is 0. The summed E-state index contributed by atoms with van der Waals surface area (Å²) < 4.78 is 0. The van der Waals surface area contributed by atoms with Gasteiger partial charge in [-0.25, -0.2) is 0 Å². The second kappa shape index (κ2) is 6.39. The first kappa shape index (κ1) is 11.0. The lowest BCUT2D eigenvalue weighted by molar-refractivity contribution is 0.348. The van der Waals surface area contributed by atoms with Crippen molar-refractivity contribution in [1.29, 1.82) is 0 Å². The largest absolute Gasteiger partial charge is 0.271 e. The van der Waals surface area contributed by atoms with Crippen LogP contribution in [0.1, 0.15) is 58.3 Å². The van der Waals surface area contributed by atoms with Gasteiger partial charge in [-0.2, -0.15) is 0 Å². The Morgan fingerprint density at radius 1 is 1.23 bits per heavy atom. The van der Waals surface area contributed by atoms with E-state index in [1.165, 1.54) is 44.9 Å². The summed E-state index contributed by atoms with van der Waals surface area (Å²) in [7, 11) is 0. The van der Waals surface area contributed by atoms with Crippen LogP contribution >= 0.6 is 0 Å². The molecule has 0 saturated heterocycles. The van der Waals surface area contributed by atoms with Crippen molar-refractivity contribution < 1.29 is 0 Å². The lowest BCUT2D eigenvalue weighted by Gasteiger charge is -2.20. The molecule has 2 nitrogen and oxygen atoms in total. The summed E-state index contributed by atoms with van der Waals surface area (Å²) in [6.07, 6.45) is 11.1. The van der Waals surface area contributed by atoms with Gasteiger partial charge in [0.05, 0.1) is 0 Å². The Morgan fingerprint density at radius 2 is 1.85 bits per heavy atom. The van der Waals surface area contributed by atoms with Gasteiger partial charge in [-0.3, -0.25) is 11.3 Å². The third-order valence-corrected chi connectivity index (χ3v) is 3.32. The molecule has 0 aliphatic heterocycles. The van der Waals surface area contributed by atoms with E-state index < -0.39 is 0 Å². The topological polar surface area (TPSA) is 38.0 Å². The Morgan fingerprint density at radius 3 is 2.31 bits per heavy atom. The molecule has 2 heteroatoms. The highest BCUT2D eigenvalue weighted by molar-refractivity contribution is 4.71. The van der Waals surface area contributed by atoms with Gasteiger partial charge in [-0.15, -0.1) is 0 Å². The van der Waals surface area contributed by atoms with Crippen molar-refractivity contribution in [2.75, 3.05) is 0 Å². The van der Waals surface area contributed by atoms with Gasteiger partial charge in [0, 0.05) is 6.04 Å². The molecule has 0 aromatic heterocycles. The van der Waals surface area contributed by atoms with E-state index >= 15 is 0 Å². The highest BCUT2D eigenvalue weighted by Gasteiger charge is 2.15. The lowest BCUT2D eigenvalue weighted by Crippen LogP contribution is -2.36. The van der Waals surface area contributed by atoms with Gasteiger partial charge in [0.25, 0.3) is 0 Å². The third kappa shape index (κ3) is 4.10. The van der Waals surface area contributed by atoms with Gasteiger partial charge in [-0.05, 0) is 18.8 Å². The van der Waals surface area contributed by atoms with Crippen LogP contribution in [0.25, 0.3) is 0 Å². The van der Waals surface area contributed by atoms with Crippen LogP contribution in [0.4, 0.5) is 0 Å². The zero-order chi connectivity index (χ0) is 9.52. The Labute approximate surface area is 82.2 Å². The van der Waals surface area contributed by atoms with Crippen molar-refractivity contribution in [2.24, 2.45) is 11.8 Å². The number of hydrazine groups is 1. The fourth-order valence-corrected chi connectivity index (χ4v) is 2.35. The lowest BCUT2D eigenvalue weighted by atomic mass is 9.92. The van der Waals surface area contributed by atoms with E-state index in [2.05, 4.69) is 12.3 Å². The van der Waals surface area contributed by atoms with Gasteiger partial charge in [0.15, 0.2) is 0 Å². The number of hydrogen-bond acceptors (Lipinski definition) is 2. The molecule has 1 aliphatic carbocycles. The van der Waals surface area contributed by atoms with Crippen molar-refractivity contribution in [3.63, 3.8) is 0 Å². The summed E-state index contributed by atoms with van der Waals surface area (Å²) in [5.41, 5.74) is 2.92. The van der Waals surface area contributed by atoms with Gasteiger partial charge in [-0.1, -0.05) is 45.4 Å². The standard InChI is InChI=1S/C11H24N2/c1-2-11(13-12)9-10-7-5-3-4-6-8-10/h10-11,13H,2-9,12H2,1H3. The summed E-state index contributed by atoms with van der Waals surface area (Å²) in [6.45, 7) is 2.21. The van der Waals surface area contributed by atoms with Crippen LogP contribution < -0.4 is 11.3 Å². The Bertz CT molecular complexity index is 113. The van der Waals surface area contributed by atoms with Gasteiger partial charge >= 0.3 is 0 Å². The average Bonchev–Trinajstić information content (AvgIpc) is 2.42. The van der Waals surface area contributed by atoms with Gasteiger partial charge in [0.2, 0.25) is 0 Å². The van der Waals surface area contributed by atoms with E-state index in [1.807, 2.05) is 0 Å². The second-order valence-corrected chi connectivity index (χ2v) is 4.37. The van der Waals surface area contributed by atoms with Crippen molar-refractivity contribution in [2.45, 2.75) is 64.3 Å². The average molecular weight is 184 g/mol. The van der Waals surface area contributed by atoms with E-state index in [1.54, 1.807) is 0 Å². The van der Waals surface area contributed by atoms with Gasteiger partial charge < -0.3 is 0 Å². The first-order valence-electron chi connectivity index (χ1n) is 5.83. The molecule has 0 radical (unpaired) electrons. The highest BCUT2D eigenvalue weighted by atomic mass is 15.2. The number of nitrogens with two attached hydrogens (primary N) is 1. The second-order valence-electron chi connectivity index (χ2n) is 4.37. The minimum atomic E-state index is 0.545. The zero-order valence-electron chi connectivity index (χ0n) is 8.89. The molecular formula is C11H24N2. The molecule has 1 saturated carbocycles. The predicted molar refractivity (Wildman–Crippen MR) is 57.2 cm³/mol. The van der Waals surface area contributed by atoms with Crippen molar-refractivity contribution in [1.82, 2.24) is 5.43 Å². The number of nitrogens with one attached hydrogen (secondary N) is 1. The third-order valence-electron chi connectivity index (χ3n) is 3.32. The quantitative estimate of drug-likeness (QED) is 0.400. The highest BCUT2D eigenvalue weighted by Crippen LogP contribution is 2.26. The molecule has 78 valence electrons. The monoisotopic (exact) mass is 184 g/mol. The van der Waals surface area contributed by atoms with Crippen LogP contribution in [0, 0.1) is 5.92 Å². The first-order valence-corrected chi connectivity index (χ1v) is 5.83. The summed E-state index contributed by atoms with van der Waals surface area (Å²) in [6, 6.07) is 0.545. The Kier molecular flexibility index (Phi) is 5.40. The number of hydrogen-bond donors (Lipinski definition) is 2. The fraction of sp³-hybridized carbons (Fsp3) is 1.00. The normalized spacial score (nSPS) is 22.6. The van der Waals surface area contributed by atoms with Crippen LogP contribution in [-0.4, -0.2) is 6.04 Å². The molecule has 0 amide bonds. The predicted octanol–water partition coefficient (Wildman–Crippen LogP) is 2.59. The molecule has 1 unspecified atom stereocenters. The summed E-state index contributed by atoms with van der Waals surface area (Å²) >= 11 is 0. The van der Waals surface area contributed by atoms with Crippen molar-refractivity contribution in [3.8, 4) is 0 Å². The molecule has 0 heterocycles.